The van der Waals surface area contributed by atoms with Crippen LogP contribution in [0.3, 0.4) is 0 Å². The fraction of sp³-hybridized carbons (Fsp3) is 0. The van der Waals surface area contributed by atoms with Crippen LogP contribution >= 0.6 is 0 Å². The maximum Gasteiger partial charge on any atom is 0.280 e. The van der Waals surface area contributed by atoms with Gasteiger partial charge in [-0.15, -0.1) is 15.3 Å². The number of hydrogen-bond donors (Lipinski definition) is 1. The van der Waals surface area contributed by atoms with Gasteiger partial charge in [0.1, 0.15) is 0 Å². The van der Waals surface area contributed by atoms with Crippen molar-refractivity contribution in [2.45, 2.75) is 0 Å². The van der Waals surface area contributed by atoms with Gasteiger partial charge in [-0.2, -0.15) is 0 Å². The molecule has 1 heterocycles. The first kappa shape index (κ1) is 20.7. The second-order valence-electron chi connectivity index (χ2n) is 5.89. The summed E-state index contributed by atoms with van der Waals surface area (Å²) in [5, 5.41) is 5.64. The van der Waals surface area contributed by atoms with Crippen LogP contribution in [0.1, 0.15) is 11.1 Å². The number of halogens is 1. The zero-order chi connectivity index (χ0) is 20.7. The van der Waals surface area contributed by atoms with Gasteiger partial charge in [0.2, 0.25) is 0 Å². The van der Waals surface area contributed by atoms with Gasteiger partial charge < -0.3 is 4.74 Å². The molecule has 0 amide bonds. The number of rotatable bonds is 3. The molecular formula is C21H17ClN2O5. The predicted molar refractivity (Wildman–Crippen MR) is 95.5 cm³/mol. The van der Waals surface area contributed by atoms with Crippen LogP contribution in [-0.4, -0.2) is 5.90 Å². The van der Waals surface area contributed by atoms with Crippen LogP contribution in [0.25, 0.3) is 5.76 Å². The standard InChI is InChI=1S/C21H16N2O.ClHO4/c1-4-10-17(11-5-1)20-16-23(19-14-8-3-9-15-19)22-21(24-20)18-12-6-2-7-13-18;2-1(3,4)5/h1-16H;(H,2,3,4,5). The Hall–Kier alpha value is -3.04. The molecule has 29 heavy (non-hydrogen) atoms. The minimum absolute atomic E-state index is 0.621. The van der Waals surface area contributed by atoms with Crippen molar-refractivity contribution in [3.63, 3.8) is 0 Å². The van der Waals surface area contributed by atoms with E-state index in [4.69, 9.17) is 28.5 Å². The molecular weight excluding hydrogens is 396 g/mol. The van der Waals surface area contributed by atoms with Gasteiger partial charge in [0.15, 0.2) is 17.6 Å². The number of nitrogens with zero attached hydrogens (tertiary/aromatic N) is 1. The van der Waals surface area contributed by atoms with Gasteiger partial charge in [0, 0.05) is 23.3 Å². The number of hydrogen-bond acceptors (Lipinski definition) is 6. The van der Waals surface area contributed by atoms with E-state index in [1.807, 2.05) is 85.1 Å². The zero-order valence-electron chi connectivity index (χ0n) is 15.1. The maximum atomic E-state index is 8.49. The average Bonchev–Trinajstić information content (AvgIpc) is 2.74. The van der Waals surface area contributed by atoms with E-state index >= 15 is 0 Å². The Morgan fingerprint density at radius 2 is 1.10 bits per heavy atom. The molecule has 148 valence electrons. The Morgan fingerprint density at radius 3 is 1.62 bits per heavy atom. The highest BCUT2D eigenvalue weighted by Crippen LogP contribution is 2.19. The lowest BCUT2D eigenvalue weighted by molar-refractivity contribution is -2.00. The summed E-state index contributed by atoms with van der Waals surface area (Å²) >= 11 is 0. The van der Waals surface area contributed by atoms with Crippen LogP contribution in [0, 0.1) is 10.2 Å². The summed E-state index contributed by atoms with van der Waals surface area (Å²) in [5.41, 5.74) is 3.07. The summed E-state index contributed by atoms with van der Waals surface area (Å²) in [6.07, 6.45) is 2.00. The van der Waals surface area contributed by atoms with E-state index in [0.29, 0.717) is 5.90 Å². The SMILES string of the molecule is C1=C(c2ccccc2)OC(c2ccccc2)=N[NH+]1c1ccccc1.[O-][Cl+3]([O-])([O-])[O-]. The van der Waals surface area contributed by atoms with Crippen LogP contribution in [0.15, 0.2) is 102 Å². The summed E-state index contributed by atoms with van der Waals surface area (Å²) in [5.74, 6) is 1.43. The molecule has 0 saturated heterocycles. The third kappa shape index (κ3) is 6.51. The summed E-state index contributed by atoms with van der Waals surface area (Å²) in [6.45, 7) is 0. The summed E-state index contributed by atoms with van der Waals surface area (Å²) in [4.78, 5) is 0. The van der Waals surface area contributed by atoms with Crippen molar-refractivity contribution in [2.24, 2.45) is 5.10 Å². The summed E-state index contributed by atoms with van der Waals surface area (Å²) in [6, 6.07) is 30.3. The average molecular weight is 413 g/mol. The van der Waals surface area contributed by atoms with E-state index < -0.39 is 10.2 Å². The smallest absolute Gasteiger partial charge is 0.280 e. The number of para-hydroxylation sites is 1. The van der Waals surface area contributed by atoms with Gasteiger partial charge in [0.05, 0.1) is 0 Å². The molecule has 0 saturated carbocycles. The van der Waals surface area contributed by atoms with Crippen molar-refractivity contribution < 1.29 is 38.6 Å². The molecule has 1 aliphatic heterocycles. The molecule has 1 aliphatic rings. The molecule has 7 nitrogen and oxygen atoms in total. The predicted octanol–water partition coefficient (Wildman–Crippen LogP) is -1.16. The van der Waals surface area contributed by atoms with E-state index in [1.165, 1.54) is 0 Å². The summed E-state index contributed by atoms with van der Waals surface area (Å²) < 4.78 is 40.1. The monoisotopic (exact) mass is 412 g/mol. The molecule has 0 spiro atoms. The fourth-order valence-corrected chi connectivity index (χ4v) is 2.63. The van der Waals surface area contributed by atoms with Crippen molar-refractivity contribution in [3.8, 4) is 0 Å². The van der Waals surface area contributed by atoms with Gasteiger partial charge in [0.25, 0.3) is 5.90 Å². The van der Waals surface area contributed by atoms with Crippen LogP contribution in [0.4, 0.5) is 5.69 Å². The number of quaternary nitrogens is 1. The van der Waals surface area contributed by atoms with E-state index in [2.05, 4.69) is 12.1 Å². The molecule has 1 unspecified atom stereocenters. The molecule has 3 aromatic carbocycles. The molecule has 0 bridgehead atoms. The van der Waals surface area contributed by atoms with Crippen molar-refractivity contribution in [2.75, 3.05) is 0 Å². The third-order valence-corrected chi connectivity index (χ3v) is 3.85. The molecule has 0 fully saturated rings. The number of ether oxygens (including phenoxy) is 1. The Balaban J connectivity index is 0.000000431. The largest absolute Gasteiger partial charge is 0.428 e. The van der Waals surface area contributed by atoms with Crippen molar-refractivity contribution in [1.82, 2.24) is 0 Å². The van der Waals surface area contributed by atoms with Gasteiger partial charge >= 0.3 is 0 Å². The lowest BCUT2D eigenvalue weighted by atomic mass is 10.1. The Labute approximate surface area is 169 Å². The van der Waals surface area contributed by atoms with Crippen LogP contribution < -0.4 is 23.6 Å². The zero-order valence-corrected chi connectivity index (χ0v) is 15.9. The molecule has 3 aromatic rings. The van der Waals surface area contributed by atoms with Crippen molar-refractivity contribution in [3.05, 3.63) is 108 Å². The Bertz CT molecular complexity index is 913. The van der Waals surface area contributed by atoms with E-state index in [-0.39, 0.29) is 0 Å². The normalized spacial score (nSPS) is 15.9. The van der Waals surface area contributed by atoms with Crippen molar-refractivity contribution >= 4 is 17.3 Å². The van der Waals surface area contributed by atoms with E-state index in [9.17, 15) is 0 Å². The molecule has 1 N–H and O–H groups in total. The van der Waals surface area contributed by atoms with Gasteiger partial charge in [-0.05, 0) is 17.2 Å². The molecule has 0 radical (unpaired) electrons. The Kier molecular flexibility index (Phi) is 6.73. The van der Waals surface area contributed by atoms with Crippen LogP contribution in [0.2, 0.25) is 0 Å². The van der Waals surface area contributed by atoms with E-state index in [1.54, 1.807) is 0 Å². The molecule has 1 atom stereocenters. The highest BCUT2D eigenvalue weighted by molar-refractivity contribution is 5.97. The highest BCUT2D eigenvalue weighted by atomic mass is 35.7. The van der Waals surface area contributed by atoms with Crippen LogP contribution in [0.5, 0.6) is 0 Å². The lowest BCUT2D eigenvalue weighted by Gasteiger charge is -2.19. The van der Waals surface area contributed by atoms with E-state index in [0.717, 1.165) is 27.6 Å². The minimum Gasteiger partial charge on any atom is -0.428 e. The van der Waals surface area contributed by atoms with Crippen molar-refractivity contribution in [1.29, 1.82) is 0 Å². The minimum atomic E-state index is -4.94. The maximum absolute atomic E-state index is 8.49. The van der Waals surface area contributed by atoms with Crippen LogP contribution in [-0.2, 0) is 4.74 Å². The first-order valence-corrected chi connectivity index (χ1v) is 9.77. The van der Waals surface area contributed by atoms with Gasteiger partial charge in [-0.1, -0.05) is 66.7 Å². The first-order valence-electron chi connectivity index (χ1n) is 8.53. The lowest BCUT2D eigenvalue weighted by Crippen LogP contribution is -2.98. The fourth-order valence-electron chi connectivity index (χ4n) is 2.63. The topological polar surface area (TPSA) is 118 Å². The molecule has 0 aromatic heterocycles. The third-order valence-electron chi connectivity index (χ3n) is 3.85. The highest BCUT2D eigenvalue weighted by Gasteiger charge is 2.23. The first-order chi connectivity index (χ1) is 13.9. The molecule has 4 rings (SSSR count). The molecule has 8 heteroatoms. The van der Waals surface area contributed by atoms with Gasteiger partial charge in [-0.25, -0.2) is 18.6 Å². The Morgan fingerprint density at radius 1 is 0.655 bits per heavy atom. The quantitative estimate of drug-likeness (QED) is 0.582. The molecule has 0 aliphatic carbocycles. The van der Waals surface area contributed by atoms with Gasteiger partial charge in [-0.3, -0.25) is 0 Å². The number of benzene rings is 3. The summed E-state index contributed by atoms with van der Waals surface area (Å²) in [7, 11) is -4.94. The second-order valence-corrected chi connectivity index (χ2v) is 6.64. The second kappa shape index (κ2) is 9.44. The number of nitrogens with one attached hydrogen (secondary N) is 1.